The van der Waals surface area contributed by atoms with E-state index in [2.05, 4.69) is 19.9 Å². The third-order valence-electron chi connectivity index (χ3n) is 5.19. The zero-order valence-electron chi connectivity index (χ0n) is 14.7. The number of nitrogens with zero attached hydrogens (tertiary/aromatic N) is 3. The standard InChI is InChI=1S/C21H15N7/c22-16(12-9-24-13-7-3-1-5-10(12)13)18-19-17(27-21(23)28-19)15-11-6-2-4-8-14(11)25-20(15)26-18/h1-9,24H,22H2,(H2,23,27)(H,25,26)/b18-16+. The SMILES string of the molecule is N/C(c1c[nH]c2ccccc12)=c1/[nH]c2nc3ccccc3c2c2nc(N)nc12. The molecule has 6 aromatic rings. The number of anilines is 1. The quantitative estimate of drug-likeness (QED) is 0.357. The summed E-state index contributed by atoms with van der Waals surface area (Å²) in [6.45, 7) is 0. The molecule has 0 amide bonds. The van der Waals surface area contributed by atoms with E-state index >= 15 is 0 Å². The molecule has 0 saturated carbocycles. The Hall–Kier alpha value is -4.13. The fourth-order valence-corrected chi connectivity index (χ4v) is 3.93. The lowest BCUT2D eigenvalue weighted by atomic mass is 10.1. The molecule has 7 heteroatoms. The van der Waals surface area contributed by atoms with Crippen molar-refractivity contribution in [2.75, 3.05) is 5.73 Å². The zero-order chi connectivity index (χ0) is 18.8. The van der Waals surface area contributed by atoms with Crippen LogP contribution in [0.1, 0.15) is 5.56 Å². The highest BCUT2D eigenvalue weighted by Gasteiger charge is 2.17. The Labute approximate surface area is 158 Å². The number of hydrogen-bond acceptors (Lipinski definition) is 5. The van der Waals surface area contributed by atoms with Crippen molar-refractivity contribution in [2.45, 2.75) is 0 Å². The van der Waals surface area contributed by atoms with Gasteiger partial charge in [0.2, 0.25) is 5.95 Å². The summed E-state index contributed by atoms with van der Waals surface area (Å²) in [6.07, 6.45) is 1.90. The van der Waals surface area contributed by atoms with Crippen molar-refractivity contribution in [3.05, 3.63) is 65.6 Å². The molecule has 0 spiro atoms. The number of aromatic amines is 2. The van der Waals surface area contributed by atoms with E-state index in [-0.39, 0.29) is 5.95 Å². The lowest BCUT2D eigenvalue weighted by molar-refractivity contribution is 1.26. The molecule has 6 N–H and O–H groups in total. The molecule has 7 nitrogen and oxygen atoms in total. The van der Waals surface area contributed by atoms with E-state index in [0.717, 1.165) is 32.8 Å². The second-order valence-electron chi connectivity index (χ2n) is 6.79. The van der Waals surface area contributed by atoms with Gasteiger partial charge in [-0.15, -0.1) is 0 Å². The van der Waals surface area contributed by atoms with Crippen LogP contribution in [-0.4, -0.2) is 24.9 Å². The number of aromatic nitrogens is 5. The molecule has 2 aromatic carbocycles. The maximum Gasteiger partial charge on any atom is 0.221 e. The van der Waals surface area contributed by atoms with Crippen molar-refractivity contribution in [1.29, 1.82) is 0 Å². The topological polar surface area (TPSA) is 122 Å². The van der Waals surface area contributed by atoms with Crippen LogP contribution in [0, 0.1) is 0 Å². The van der Waals surface area contributed by atoms with Crippen molar-refractivity contribution in [1.82, 2.24) is 24.9 Å². The summed E-state index contributed by atoms with van der Waals surface area (Å²) in [4.78, 5) is 20.3. The molecular weight excluding hydrogens is 350 g/mol. The smallest absolute Gasteiger partial charge is 0.221 e. The molecule has 0 unspecified atom stereocenters. The number of nitrogen functional groups attached to an aromatic ring is 1. The van der Waals surface area contributed by atoms with E-state index in [1.54, 1.807) is 0 Å². The minimum Gasteiger partial charge on any atom is -0.396 e. The van der Waals surface area contributed by atoms with Crippen molar-refractivity contribution >= 4 is 55.5 Å². The highest BCUT2D eigenvalue weighted by molar-refractivity contribution is 6.17. The average Bonchev–Trinajstić information content (AvgIpc) is 3.40. The van der Waals surface area contributed by atoms with Crippen LogP contribution in [0.25, 0.3) is 49.6 Å². The van der Waals surface area contributed by atoms with Crippen LogP contribution in [0.2, 0.25) is 0 Å². The average molecular weight is 365 g/mol. The van der Waals surface area contributed by atoms with Gasteiger partial charge in [0.05, 0.1) is 21.9 Å². The van der Waals surface area contributed by atoms with E-state index in [1.807, 2.05) is 54.7 Å². The van der Waals surface area contributed by atoms with Gasteiger partial charge in [-0.2, -0.15) is 0 Å². The number of rotatable bonds is 1. The van der Waals surface area contributed by atoms with E-state index in [0.29, 0.717) is 27.7 Å². The summed E-state index contributed by atoms with van der Waals surface area (Å²) in [5.41, 5.74) is 18.0. The first-order chi connectivity index (χ1) is 13.7. The third kappa shape index (κ3) is 1.90. The summed E-state index contributed by atoms with van der Waals surface area (Å²) in [7, 11) is 0. The van der Waals surface area contributed by atoms with Gasteiger partial charge >= 0.3 is 0 Å². The van der Waals surface area contributed by atoms with Crippen LogP contribution in [0.4, 0.5) is 5.95 Å². The number of nitrogens with two attached hydrogens (primary N) is 2. The first-order valence-electron chi connectivity index (χ1n) is 8.90. The molecule has 134 valence electrons. The number of hydrogen-bond donors (Lipinski definition) is 4. The van der Waals surface area contributed by atoms with Gasteiger partial charge in [-0.1, -0.05) is 36.4 Å². The predicted octanol–water partition coefficient (Wildman–Crippen LogP) is 2.56. The largest absolute Gasteiger partial charge is 0.396 e. The van der Waals surface area contributed by atoms with E-state index in [9.17, 15) is 0 Å². The Morgan fingerprint density at radius 2 is 1.61 bits per heavy atom. The summed E-state index contributed by atoms with van der Waals surface area (Å²) in [6, 6.07) is 16.0. The van der Waals surface area contributed by atoms with Crippen molar-refractivity contribution in [3.8, 4) is 0 Å². The molecule has 0 radical (unpaired) electrons. The van der Waals surface area contributed by atoms with Crippen LogP contribution in [-0.2, 0) is 0 Å². The van der Waals surface area contributed by atoms with Gasteiger partial charge in [-0.25, -0.2) is 15.0 Å². The summed E-state index contributed by atoms with van der Waals surface area (Å²) < 4.78 is 0. The van der Waals surface area contributed by atoms with Gasteiger partial charge in [-0.05, 0) is 12.1 Å². The molecule has 0 atom stereocenters. The third-order valence-corrected chi connectivity index (χ3v) is 5.19. The normalized spacial score (nSPS) is 13.1. The number of imidazole rings is 1. The van der Waals surface area contributed by atoms with Crippen molar-refractivity contribution < 1.29 is 0 Å². The van der Waals surface area contributed by atoms with Gasteiger partial charge in [0.15, 0.2) is 0 Å². The summed E-state index contributed by atoms with van der Waals surface area (Å²) >= 11 is 0. The lowest BCUT2D eigenvalue weighted by Crippen LogP contribution is -2.19. The molecule has 4 aromatic heterocycles. The lowest BCUT2D eigenvalue weighted by Gasteiger charge is -2.02. The predicted molar refractivity (Wildman–Crippen MR) is 111 cm³/mol. The molecule has 6 rings (SSSR count). The first kappa shape index (κ1) is 15.0. The fourth-order valence-electron chi connectivity index (χ4n) is 3.93. The number of pyridine rings is 1. The molecule has 0 aliphatic carbocycles. The number of benzene rings is 2. The molecule has 28 heavy (non-hydrogen) atoms. The maximum atomic E-state index is 6.62. The molecule has 0 aliphatic heterocycles. The number of H-pyrrole nitrogens is 2. The van der Waals surface area contributed by atoms with Crippen molar-refractivity contribution in [2.24, 2.45) is 5.73 Å². The highest BCUT2D eigenvalue weighted by atomic mass is 15.0. The minimum atomic E-state index is 0.217. The van der Waals surface area contributed by atoms with Gasteiger partial charge in [0.1, 0.15) is 16.7 Å². The Bertz CT molecular complexity index is 1590. The van der Waals surface area contributed by atoms with E-state index in [1.165, 1.54) is 0 Å². The molecule has 0 bridgehead atoms. The first-order valence-corrected chi connectivity index (χ1v) is 8.90. The molecule has 4 heterocycles. The van der Waals surface area contributed by atoms with Gasteiger partial charge in [-0.3, -0.25) is 0 Å². The second kappa shape index (κ2) is 5.20. The monoisotopic (exact) mass is 365 g/mol. The zero-order valence-corrected chi connectivity index (χ0v) is 14.7. The molecule has 0 aliphatic rings. The highest BCUT2D eigenvalue weighted by Crippen LogP contribution is 2.29. The molecule has 0 saturated heterocycles. The summed E-state index contributed by atoms with van der Waals surface area (Å²) in [5.74, 6) is 0.217. The fraction of sp³-hybridized carbons (Fsp3) is 0. The van der Waals surface area contributed by atoms with E-state index in [4.69, 9.17) is 16.5 Å². The van der Waals surface area contributed by atoms with Crippen LogP contribution in [0.5, 0.6) is 0 Å². The molecule has 0 fully saturated rings. The van der Waals surface area contributed by atoms with Gasteiger partial charge < -0.3 is 21.4 Å². The van der Waals surface area contributed by atoms with Crippen LogP contribution in [0.3, 0.4) is 0 Å². The Balaban J connectivity index is 1.82. The second-order valence-corrected chi connectivity index (χ2v) is 6.79. The van der Waals surface area contributed by atoms with Crippen molar-refractivity contribution in [3.63, 3.8) is 0 Å². The number of para-hydroxylation sites is 2. The van der Waals surface area contributed by atoms with Gasteiger partial charge in [0, 0.05) is 28.0 Å². The van der Waals surface area contributed by atoms with Crippen LogP contribution < -0.4 is 16.8 Å². The number of nitrogens with one attached hydrogen (secondary N) is 2. The van der Waals surface area contributed by atoms with Crippen LogP contribution in [0.15, 0.2) is 54.7 Å². The van der Waals surface area contributed by atoms with Crippen LogP contribution >= 0.6 is 0 Å². The maximum absolute atomic E-state index is 6.62. The van der Waals surface area contributed by atoms with E-state index < -0.39 is 0 Å². The molecular formula is C21H15N7. The number of fused-ring (bicyclic) bond motifs is 6. The van der Waals surface area contributed by atoms with Gasteiger partial charge in [0.25, 0.3) is 0 Å². The Kier molecular flexibility index (Phi) is 2.78. The summed E-state index contributed by atoms with van der Waals surface area (Å²) in [5, 5.41) is 3.62. The Morgan fingerprint density at radius 3 is 2.50 bits per heavy atom. The minimum absolute atomic E-state index is 0.217. The Morgan fingerprint density at radius 1 is 0.857 bits per heavy atom.